The minimum absolute atomic E-state index is 0.0991. The van der Waals surface area contributed by atoms with Crippen LogP contribution in [0.2, 0.25) is 0 Å². The van der Waals surface area contributed by atoms with Crippen LogP contribution in [0.4, 0.5) is 0 Å². The van der Waals surface area contributed by atoms with Crippen molar-refractivity contribution in [3.05, 3.63) is 107 Å². The molecule has 0 aliphatic carbocycles. The molecule has 0 N–H and O–H groups in total. The smallest absolute Gasteiger partial charge is 0.199 e. The molecule has 0 radical (unpaired) electrons. The topological polar surface area (TPSA) is 39.1 Å². The molecule has 5 nitrogen and oxygen atoms in total. The van der Waals surface area contributed by atoms with Gasteiger partial charge in [-0.1, -0.05) is 74.5 Å². The minimum Gasteiger partial charge on any atom is -0.467 e. The number of benzene rings is 2. The maximum atomic E-state index is 5.84. The molecule has 0 atom stereocenters. The van der Waals surface area contributed by atoms with Gasteiger partial charge in [-0.05, 0) is 42.5 Å². The summed E-state index contributed by atoms with van der Waals surface area (Å²) in [6.45, 7) is 5.45. The highest BCUT2D eigenvalue weighted by Crippen LogP contribution is 2.28. The number of furan rings is 1. The molecule has 0 bridgehead atoms. The molecule has 2 aromatic carbocycles. The van der Waals surface area contributed by atoms with Gasteiger partial charge in [-0.15, -0.1) is 0 Å². The van der Waals surface area contributed by atoms with Crippen molar-refractivity contribution < 1.29 is 4.42 Å². The van der Waals surface area contributed by atoms with Crippen LogP contribution in [0.25, 0.3) is 0 Å². The highest BCUT2D eigenvalue weighted by molar-refractivity contribution is 7.71. The molecular weight excluding hydrogens is 404 g/mol. The highest BCUT2D eigenvalue weighted by Gasteiger charge is 2.22. The van der Waals surface area contributed by atoms with Gasteiger partial charge in [-0.3, -0.25) is 9.47 Å². The first-order valence-corrected chi connectivity index (χ1v) is 11.0. The zero-order chi connectivity index (χ0) is 21.8. The van der Waals surface area contributed by atoms with E-state index in [-0.39, 0.29) is 12.0 Å². The Morgan fingerprint density at radius 2 is 1.55 bits per heavy atom. The van der Waals surface area contributed by atoms with Crippen molar-refractivity contribution in [2.45, 2.75) is 39.0 Å². The lowest BCUT2D eigenvalue weighted by molar-refractivity contribution is 0.207. The predicted molar refractivity (Wildman–Crippen MR) is 125 cm³/mol. The van der Waals surface area contributed by atoms with Crippen LogP contribution in [0.5, 0.6) is 0 Å². The quantitative estimate of drug-likeness (QED) is 0.327. The van der Waals surface area contributed by atoms with Gasteiger partial charge in [-0.2, -0.15) is 5.10 Å². The molecule has 0 saturated carbocycles. The number of hydrogen-bond donors (Lipinski definition) is 0. The summed E-state index contributed by atoms with van der Waals surface area (Å²) in [6, 6.07) is 25.1. The largest absolute Gasteiger partial charge is 0.467 e. The molecule has 2 aromatic heterocycles. The summed E-state index contributed by atoms with van der Waals surface area (Å²) in [7, 11) is 2.12. The zero-order valence-corrected chi connectivity index (χ0v) is 19.0. The van der Waals surface area contributed by atoms with E-state index in [1.807, 2.05) is 28.9 Å². The van der Waals surface area contributed by atoms with Crippen molar-refractivity contribution in [3.8, 4) is 0 Å². The predicted octanol–water partition coefficient (Wildman–Crippen LogP) is 5.86. The Bertz CT molecular complexity index is 1110. The molecule has 0 aliphatic heterocycles. The Hall–Kier alpha value is -2.96. The lowest BCUT2D eigenvalue weighted by Crippen LogP contribution is -2.28. The third-order valence-corrected chi connectivity index (χ3v) is 5.82. The second kappa shape index (κ2) is 9.45. The first kappa shape index (κ1) is 21.3. The average Bonchev–Trinajstić information content (AvgIpc) is 3.39. The van der Waals surface area contributed by atoms with E-state index in [0.717, 1.165) is 11.6 Å². The number of aromatic nitrogens is 3. The molecule has 160 valence electrons. The Balaban J connectivity index is 1.68. The molecule has 0 fully saturated rings. The van der Waals surface area contributed by atoms with Gasteiger partial charge >= 0.3 is 0 Å². The zero-order valence-electron chi connectivity index (χ0n) is 18.2. The third kappa shape index (κ3) is 4.70. The van der Waals surface area contributed by atoms with Crippen LogP contribution in [0.15, 0.2) is 83.5 Å². The Morgan fingerprint density at radius 3 is 2.06 bits per heavy atom. The lowest BCUT2D eigenvalue weighted by atomic mass is 9.98. The first-order valence-electron chi connectivity index (χ1n) is 10.5. The molecule has 31 heavy (non-hydrogen) atoms. The fourth-order valence-electron chi connectivity index (χ4n) is 3.95. The van der Waals surface area contributed by atoms with Gasteiger partial charge in [-0.25, -0.2) is 4.68 Å². The summed E-state index contributed by atoms with van der Waals surface area (Å²) in [5, 5.41) is 4.89. The van der Waals surface area contributed by atoms with Crippen LogP contribution in [0.3, 0.4) is 0 Å². The van der Waals surface area contributed by atoms with Gasteiger partial charge in [0.05, 0.1) is 25.5 Å². The van der Waals surface area contributed by atoms with Crippen LogP contribution in [-0.4, -0.2) is 26.3 Å². The normalized spacial score (nSPS) is 11.7. The van der Waals surface area contributed by atoms with Crippen molar-refractivity contribution in [3.63, 3.8) is 0 Å². The molecule has 0 unspecified atom stereocenters. The molecule has 0 aliphatic rings. The fourth-order valence-corrected chi connectivity index (χ4v) is 4.21. The third-order valence-electron chi connectivity index (χ3n) is 5.39. The van der Waals surface area contributed by atoms with Crippen molar-refractivity contribution >= 4 is 12.2 Å². The van der Waals surface area contributed by atoms with E-state index in [0.29, 0.717) is 18.0 Å². The van der Waals surface area contributed by atoms with Gasteiger partial charge in [0.1, 0.15) is 11.6 Å². The van der Waals surface area contributed by atoms with Crippen molar-refractivity contribution in [1.82, 2.24) is 19.2 Å². The second-order valence-corrected chi connectivity index (χ2v) is 8.45. The summed E-state index contributed by atoms with van der Waals surface area (Å²) in [5.74, 6) is 2.09. The molecule has 4 aromatic rings. The van der Waals surface area contributed by atoms with E-state index in [1.165, 1.54) is 11.1 Å². The highest BCUT2D eigenvalue weighted by atomic mass is 32.1. The van der Waals surface area contributed by atoms with E-state index in [2.05, 4.69) is 78.9 Å². The summed E-state index contributed by atoms with van der Waals surface area (Å²) >= 11 is 5.84. The van der Waals surface area contributed by atoms with Crippen LogP contribution in [0.1, 0.15) is 48.5 Å². The number of rotatable bonds is 8. The van der Waals surface area contributed by atoms with Crippen molar-refractivity contribution in [2.75, 3.05) is 7.05 Å². The molecular formula is C25H28N4OS. The van der Waals surface area contributed by atoms with Crippen LogP contribution < -0.4 is 0 Å². The number of nitrogens with zero attached hydrogens (tertiary/aromatic N) is 4. The van der Waals surface area contributed by atoms with E-state index in [4.69, 9.17) is 21.7 Å². The number of hydrogen-bond acceptors (Lipinski definition) is 4. The monoisotopic (exact) mass is 432 g/mol. The summed E-state index contributed by atoms with van der Waals surface area (Å²) in [6.07, 6.45) is 1.69. The van der Waals surface area contributed by atoms with Gasteiger partial charge in [0.2, 0.25) is 0 Å². The fraction of sp³-hybridized carbons (Fsp3) is 0.280. The average molecular weight is 433 g/mol. The minimum atomic E-state index is 0.0991. The lowest BCUT2D eigenvalue weighted by Gasteiger charge is -2.28. The molecule has 0 spiro atoms. The van der Waals surface area contributed by atoms with Crippen LogP contribution in [-0.2, 0) is 13.2 Å². The van der Waals surface area contributed by atoms with E-state index in [1.54, 1.807) is 6.26 Å². The van der Waals surface area contributed by atoms with Gasteiger partial charge in [0.25, 0.3) is 0 Å². The first-order chi connectivity index (χ1) is 15.0. The van der Waals surface area contributed by atoms with E-state index in [9.17, 15) is 0 Å². The van der Waals surface area contributed by atoms with Gasteiger partial charge in [0, 0.05) is 5.92 Å². The summed E-state index contributed by atoms with van der Waals surface area (Å²) < 4.78 is 10.3. The SMILES string of the molecule is CC(C)c1nn(CN(C)C(c2ccccc2)c2ccccc2)c(=S)n1Cc1ccco1. The van der Waals surface area contributed by atoms with E-state index < -0.39 is 0 Å². The molecule has 2 heterocycles. The van der Waals surface area contributed by atoms with Crippen molar-refractivity contribution in [2.24, 2.45) is 0 Å². The molecule has 0 amide bonds. The van der Waals surface area contributed by atoms with E-state index >= 15 is 0 Å². The molecule has 6 heteroatoms. The van der Waals surface area contributed by atoms with Gasteiger partial charge in [0.15, 0.2) is 4.77 Å². The summed E-state index contributed by atoms with van der Waals surface area (Å²) in [4.78, 5) is 2.29. The van der Waals surface area contributed by atoms with Gasteiger partial charge < -0.3 is 4.42 Å². The maximum Gasteiger partial charge on any atom is 0.199 e. The van der Waals surface area contributed by atoms with Crippen molar-refractivity contribution in [1.29, 1.82) is 0 Å². The standard InChI is InChI=1S/C25H28N4OS/c1-19(2)24-26-29(25(31)28(24)17-22-15-10-16-30-22)18-27(3)23(20-11-6-4-7-12-20)21-13-8-5-9-14-21/h4-16,19,23H,17-18H2,1-3H3. The Morgan fingerprint density at radius 1 is 0.935 bits per heavy atom. The second-order valence-electron chi connectivity index (χ2n) is 8.08. The maximum absolute atomic E-state index is 5.84. The Kier molecular flexibility index (Phi) is 6.49. The molecule has 0 saturated heterocycles. The molecule has 4 rings (SSSR count). The van der Waals surface area contributed by atoms with Crippen LogP contribution in [0, 0.1) is 4.77 Å². The van der Waals surface area contributed by atoms with Crippen LogP contribution >= 0.6 is 12.2 Å². The summed E-state index contributed by atoms with van der Waals surface area (Å²) in [5.41, 5.74) is 2.48. The Labute approximate surface area is 188 Å².